The van der Waals surface area contributed by atoms with E-state index in [1.54, 1.807) is 6.08 Å². The van der Waals surface area contributed by atoms with Gasteiger partial charge >= 0.3 is 0 Å². The van der Waals surface area contributed by atoms with Gasteiger partial charge in [-0.05, 0) is 5.41 Å². The number of rotatable bonds is 4. The third kappa shape index (κ3) is 5.42. The van der Waals surface area contributed by atoms with Crippen LogP contribution in [0.15, 0.2) is 12.7 Å². The highest BCUT2D eigenvalue weighted by molar-refractivity contribution is 5.76. The number of carbonyl (C=O) groups is 1. The van der Waals surface area contributed by atoms with E-state index in [0.29, 0.717) is 13.0 Å². The van der Waals surface area contributed by atoms with Crippen molar-refractivity contribution in [3.63, 3.8) is 0 Å². The largest absolute Gasteiger partial charge is 0.353 e. The first-order valence-electron chi connectivity index (χ1n) is 4.51. The third-order valence-corrected chi connectivity index (χ3v) is 1.96. The summed E-state index contributed by atoms with van der Waals surface area (Å²) >= 11 is 0. The van der Waals surface area contributed by atoms with E-state index in [2.05, 4.69) is 11.9 Å². The van der Waals surface area contributed by atoms with Crippen molar-refractivity contribution in [1.29, 1.82) is 0 Å². The van der Waals surface area contributed by atoms with E-state index in [0.717, 1.165) is 0 Å². The second-order valence-corrected chi connectivity index (χ2v) is 4.27. The minimum absolute atomic E-state index is 0.0117. The first-order chi connectivity index (χ1) is 5.88. The van der Waals surface area contributed by atoms with Crippen LogP contribution in [0.3, 0.4) is 0 Å². The SMILES string of the molecule is C=CCNC(=O)CC(N)C(C)(C)C. The summed E-state index contributed by atoms with van der Waals surface area (Å²) in [6.07, 6.45) is 2.03. The van der Waals surface area contributed by atoms with Crippen LogP contribution in [0.2, 0.25) is 0 Å². The molecule has 1 unspecified atom stereocenters. The van der Waals surface area contributed by atoms with E-state index in [9.17, 15) is 4.79 Å². The predicted molar refractivity (Wildman–Crippen MR) is 55.3 cm³/mol. The smallest absolute Gasteiger partial charge is 0.221 e. The molecule has 13 heavy (non-hydrogen) atoms. The van der Waals surface area contributed by atoms with E-state index in [-0.39, 0.29) is 17.4 Å². The summed E-state index contributed by atoms with van der Waals surface area (Å²) in [4.78, 5) is 11.2. The highest BCUT2D eigenvalue weighted by atomic mass is 16.1. The Morgan fingerprint density at radius 1 is 1.62 bits per heavy atom. The van der Waals surface area contributed by atoms with E-state index in [4.69, 9.17) is 5.73 Å². The number of hydrogen-bond donors (Lipinski definition) is 2. The quantitative estimate of drug-likeness (QED) is 0.642. The van der Waals surface area contributed by atoms with Crippen molar-refractivity contribution in [2.24, 2.45) is 11.1 Å². The van der Waals surface area contributed by atoms with Crippen LogP contribution in [-0.4, -0.2) is 18.5 Å². The summed E-state index contributed by atoms with van der Waals surface area (Å²) in [5.74, 6) is -0.0117. The topological polar surface area (TPSA) is 55.1 Å². The van der Waals surface area contributed by atoms with Gasteiger partial charge in [-0.3, -0.25) is 4.79 Å². The van der Waals surface area contributed by atoms with E-state index < -0.39 is 0 Å². The molecule has 0 fully saturated rings. The van der Waals surface area contributed by atoms with Crippen molar-refractivity contribution in [3.8, 4) is 0 Å². The summed E-state index contributed by atoms with van der Waals surface area (Å²) in [5, 5.41) is 2.70. The fourth-order valence-corrected chi connectivity index (χ4v) is 0.764. The molecule has 0 aliphatic rings. The average molecular weight is 184 g/mol. The monoisotopic (exact) mass is 184 g/mol. The molecule has 0 radical (unpaired) electrons. The predicted octanol–water partition coefficient (Wildman–Crippen LogP) is 1.05. The minimum atomic E-state index is -0.0997. The Morgan fingerprint density at radius 3 is 2.54 bits per heavy atom. The highest BCUT2D eigenvalue weighted by Gasteiger charge is 2.22. The number of hydrogen-bond acceptors (Lipinski definition) is 2. The van der Waals surface area contributed by atoms with Crippen LogP contribution >= 0.6 is 0 Å². The van der Waals surface area contributed by atoms with Gasteiger partial charge in [0.2, 0.25) is 5.91 Å². The first-order valence-corrected chi connectivity index (χ1v) is 4.51. The second-order valence-electron chi connectivity index (χ2n) is 4.27. The zero-order valence-electron chi connectivity index (χ0n) is 8.76. The Bertz CT molecular complexity index is 182. The van der Waals surface area contributed by atoms with Gasteiger partial charge in [-0.1, -0.05) is 26.8 Å². The molecule has 1 atom stereocenters. The molecular formula is C10H20N2O. The van der Waals surface area contributed by atoms with E-state index >= 15 is 0 Å². The zero-order valence-corrected chi connectivity index (χ0v) is 8.76. The van der Waals surface area contributed by atoms with Gasteiger partial charge in [0.25, 0.3) is 0 Å². The van der Waals surface area contributed by atoms with Crippen molar-refractivity contribution >= 4 is 5.91 Å². The van der Waals surface area contributed by atoms with Crippen molar-refractivity contribution in [3.05, 3.63) is 12.7 Å². The lowest BCUT2D eigenvalue weighted by atomic mass is 9.85. The van der Waals surface area contributed by atoms with Crippen molar-refractivity contribution in [2.75, 3.05) is 6.54 Å². The summed E-state index contributed by atoms with van der Waals surface area (Å²) in [6, 6.07) is -0.0997. The lowest BCUT2D eigenvalue weighted by molar-refractivity contribution is -0.121. The molecule has 0 rings (SSSR count). The van der Waals surface area contributed by atoms with Crippen LogP contribution in [0.4, 0.5) is 0 Å². The van der Waals surface area contributed by atoms with Crippen LogP contribution in [0.25, 0.3) is 0 Å². The average Bonchev–Trinajstić information content (AvgIpc) is 1.99. The molecule has 0 aliphatic carbocycles. The molecule has 0 saturated heterocycles. The molecule has 0 heterocycles. The number of nitrogens with one attached hydrogen (secondary N) is 1. The lowest BCUT2D eigenvalue weighted by Gasteiger charge is -2.26. The normalized spacial score (nSPS) is 13.5. The minimum Gasteiger partial charge on any atom is -0.353 e. The molecule has 0 aromatic carbocycles. The molecule has 0 aliphatic heterocycles. The maximum Gasteiger partial charge on any atom is 0.221 e. The number of amides is 1. The van der Waals surface area contributed by atoms with Crippen LogP contribution in [0.1, 0.15) is 27.2 Å². The van der Waals surface area contributed by atoms with E-state index in [1.807, 2.05) is 20.8 Å². The van der Waals surface area contributed by atoms with Crippen molar-refractivity contribution in [1.82, 2.24) is 5.32 Å². The molecule has 0 saturated carbocycles. The van der Waals surface area contributed by atoms with Crippen LogP contribution in [0.5, 0.6) is 0 Å². The molecule has 3 nitrogen and oxygen atoms in total. The zero-order chi connectivity index (χ0) is 10.5. The molecule has 0 bridgehead atoms. The summed E-state index contributed by atoms with van der Waals surface area (Å²) < 4.78 is 0. The van der Waals surface area contributed by atoms with E-state index in [1.165, 1.54) is 0 Å². The van der Waals surface area contributed by atoms with Gasteiger partial charge in [0.1, 0.15) is 0 Å². The number of carbonyl (C=O) groups excluding carboxylic acids is 1. The van der Waals surface area contributed by atoms with Crippen LogP contribution < -0.4 is 11.1 Å². The van der Waals surface area contributed by atoms with Gasteiger partial charge in [0, 0.05) is 19.0 Å². The van der Waals surface area contributed by atoms with Crippen LogP contribution in [-0.2, 0) is 4.79 Å². The van der Waals surface area contributed by atoms with Crippen molar-refractivity contribution in [2.45, 2.75) is 33.2 Å². The maximum absolute atomic E-state index is 11.2. The van der Waals surface area contributed by atoms with Gasteiger partial charge in [0.15, 0.2) is 0 Å². The lowest BCUT2D eigenvalue weighted by Crippen LogP contribution is -2.40. The first kappa shape index (κ1) is 12.2. The summed E-state index contributed by atoms with van der Waals surface area (Å²) in [7, 11) is 0. The van der Waals surface area contributed by atoms with Crippen molar-refractivity contribution < 1.29 is 4.79 Å². The Labute approximate surface area is 80.4 Å². The molecule has 0 aromatic heterocycles. The summed E-state index contributed by atoms with van der Waals surface area (Å²) in [5.41, 5.74) is 5.81. The molecule has 76 valence electrons. The molecule has 0 aromatic rings. The molecule has 3 heteroatoms. The molecule has 0 spiro atoms. The van der Waals surface area contributed by atoms with Gasteiger partial charge in [-0.15, -0.1) is 6.58 Å². The Hall–Kier alpha value is -0.830. The Kier molecular flexibility index (Phi) is 4.70. The Balaban J connectivity index is 3.85. The standard InChI is InChI=1S/C10H20N2O/c1-5-6-12-9(13)7-8(11)10(2,3)4/h5,8H,1,6-7,11H2,2-4H3,(H,12,13). The summed E-state index contributed by atoms with van der Waals surface area (Å²) in [6.45, 7) is 10.1. The highest BCUT2D eigenvalue weighted by Crippen LogP contribution is 2.19. The maximum atomic E-state index is 11.2. The fraction of sp³-hybridized carbons (Fsp3) is 0.700. The second kappa shape index (κ2) is 5.02. The molecule has 3 N–H and O–H groups in total. The van der Waals surface area contributed by atoms with Gasteiger partial charge in [0.05, 0.1) is 0 Å². The third-order valence-electron chi connectivity index (χ3n) is 1.96. The fourth-order valence-electron chi connectivity index (χ4n) is 0.764. The van der Waals surface area contributed by atoms with Crippen LogP contribution in [0, 0.1) is 5.41 Å². The molecular weight excluding hydrogens is 164 g/mol. The van der Waals surface area contributed by atoms with Gasteiger partial charge in [-0.2, -0.15) is 0 Å². The Morgan fingerprint density at radius 2 is 2.15 bits per heavy atom. The number of nitrogens with two attached hydrogens (primary N) is 1. The van der Waals surface area contributed by atoms with Gasteiger partial charge < -0.3 is 11.1 Å². The molecule has 1 amide bonds. The van der Waals surface area contributed by atoms with Gasteiger partial charge in [-0.25, -0.2) is 0 Å².